The van der Waals surface area contributed by atoms with Gasteiger partial charge in [0.1, 0.15) is 0 Å². The zero-order valence-corrected chi connectivity index (χ0v) is 21.2. The van der Waals surface area contributed by atoms with Crippen molar-refractivity contribution in [3.8, 4) is 0 Å². The van der Waals surface area contributed by atoms with E-state index in [-0.39, 0.29) is 38.7 Å². The van der Waals surface area contributed by atoms with Crippen LogP contribution in [0.1, 0.15) is 37.5 Å². The molecule has 0 unspecified atom stereocenters. The number of alkyl halides is 3. The SMILES string of the molecule is O=C(NCc1ncc(C(F)(F)F)cc1Cl)c1c(Cl)cccc1Cl.O=C(c1ccccc1)c1ccccc1. The Bertz CT molecular complexity index is 1320. The minimum atomic E-state index is -4.54. The molecule has 0 aliphatic heterocycles. The van der Waals surface area contributed by atoms with Gasteiger partial charge in [-0.1, -0.05) is 102 Å². The Morgan fingerprint density at radius 1 is 0.757 bits per heavy atom. The van der Waals surface area contributed by atoms with Crippen LogP contribution in [0.4, 0.5) is 13.2 Å². The van der Waals surface area contributed by atoms with Gasteiger partial charge in [-0.15, -0.1) is 0 Å². The molecule has 4 nitrogen and oxygen atoms in total. The molecule has 0 bridgehead atoms. The summed E-state index contributed by atoms with van der Waals surface area (Å²) in [5, 5.41) is 2.56. The van der Waals surface area contributed by atoms with E-state index in [1.807, 2.05) is 60.7 Å². The maximum Gasteiger partial charge on any atom is 0.417 e. The molecule has 10 heteroatoms. The van der Waals surface area contributed by atoms with Crippen molar-refractivity contribution >= 4 is 46.5 Å². The second-order valence-electron chi connectivity index (χ2n) is 7.49. The Hall–Kier alpha value is -3.39. The predicted molar refractivity (Wildman–Crippen MR) is 138 cm³/mol. The number of pyridine rings is 1. The van der Waals surface area contributed by atoms with Gasteiger partial charge in [0, 0.05) is 17.3 Å². The molecule has 1 aromatic heterocycles. The summed E-state index contributed by atoms with van der Waals surface area (Å²) in [5.41, 5.74) is 0.666. The lowest BCUT2D eigenvalue weighted by Crippen LogP contribution is -2.24. The minimum absolute atomic E-state index is 0.0684. The summed E-state index contributed by atoms with van der Waals surface area (Å²) < 4.78 is 37.6. The first-order valence-corrected chi connectivity index (χ1v) is 11.8. The average molecular weight is 566 g/mol. The molecule has 4 aromatic rings. The highest BCUT2D eigenvalue weighted by Crippen LogP contribution is 2.31. The summed E-state index contributed by atoms with van der Waals surface area (Å²) in [4.78, 5) is 27.5. The summed E-state index contributed by atoms with van der Waals surface area (Å²) in [6, 6.07) is 23.9. The summed E-state index contributed by atoms with van der Waals surface area (Å²) in [5.74, 6) is -0.510. The molecule has 1 amide bonds. The normalized spacial score (nSPS) is 10.8. The van der Waals surface area contributed by atoms with E-state index in [4.69, 9.17) is 34.8 Å². The maximum atomic E-state index is 12.5. The molecule has 3 aromatic carbocycles. The number of hydrogen-bond acceptors (Lipinski definition) is 3. The highest BCUT2D eigenvalue weighted by atomic mass is 35.5. The molecule has 1 N–H and O–H groups in total. The number of carbonyl (C=O) groups excluding carboxylic acids is 2. The molecule has 0 saturated heterocycles. The standard InChI is InChI=1S/C14H8Cl3F3N2O.C13H10O/c15-8-2-1-3-9(16)12(8)13(23)22-6-11-10(17)4-7(5-21-11)14(18,19)20;14-13(11-7-3-1-4-8-11)12-9-5-2-6-10-12/h1-5H,6H2,(H,22,23);1-10H. The zero-order chi connectivity index (χ0) is 27.0. The van der Waals surface area contributed by atoms with Gasteiger partial charge in [-0.3, -0.25) is 14.6 Å². The molecule has 0 radical (unpaired) electrons. The lowest BCUT2D eigenvalue weighted by molar-refractivity contribution is -0.137. The fraction of sp³-hybridized carbons (Fsp3) is 0.0741. The van der Waals surface area contributed by atoms with E-state index in [9.17, 15) is 22.8 Å². The van der Waals surface area contributed by atoms with Crippen molar-refractivity contribution in [1.29, 1.82) is 0 Å². The first-order valence-electron chi connectivity index (χ1n) is 10.7. The second kappa shape index (κ2) is 12.7. The van der Waals surface area contributed by atoms with Crippen molar-refractivity contribution in [3.63, 3.8) is 0 Å². The number of nitrogens with zero attached hydrogens (tertiary/aromatic N) is 1. The van der Waals surface area contributed by atoms with Crippen molar-refractivity contribution < 1.29 is 22.8 Å². The van der Waals surface area contributed by atoms with Gasteiger partial charge in [-0.2, -0.15) is 13.2 Å². The monoisotopic (exact) mass is 564 g/mol. The molecule has 0 fully saturated rings. The number of aromatic nitrogens is 1. The molecule has 0 aliphatic carbocycles. The molecular formula is C27H18Cl3F3N2O2. The van der Waals surface area contributed by atoms with E-state index >= 15 is 0 Å². The lowest BCUT2D eigenvalue weighted by atomic mass is 10.0. The van der Waals surface area contributed by atoms with Crippen LogP contribution in [0.15, 0.2) is 91.1 Å². The maximum absolute atomic E-state index is 12.5. The Kier molecular flexibility index (Phi) is 9.69. The van der Waals surface area contributed by atoms with E-state index < -0.39 is 17.6 Å². The van der Waals surface area contributed by atoms with Gasteiger partial charge < -0.3 is 5.32 Å². The molecule has 1 heterocycles. The third kappa shape index (κ3) is 7.79. The fourth-order valence-corrected chi connectivity index (χ4v) is 3.87. The van der Waals surface area contributed by atoms with Crippen molar-refractivity contribution in [3.05, 3.63) is 134 Å². The molecule has 190 valence electrons. The van der Waals surface area contributed by atoms with E-state index in [0.717, 1.165) is 17.2 Å². The Balaban J connectivity index is 0.000000231. The molecular weight excluding hydrogens is 548 g/mol. The Labute approximate surface area is 226 Å². The zero-order valence-electron chi connectivity index (χ0n) is 18.9. The first-order chi connectivity index (χ1) is 17.6. The summed E-state index contributed by atoms with van der Waals surface area (Å²) in [6.07, 6.45) is -3.89. The Morgan fingerprint density at radius 2 is 1.27 bits per heavy atom. The van der Waals surface area contributed by atoms with Crippen LogP contribution in [0.2, 0.25) is 15.1 Å². The first kappa shape index (κ1) is 28.2. The van der Waals surface area contributed by atoms with Gasteiger partial charge in [-0.25, -0.2) is 0 Å². The fourth-order valence-electron chi connectivity index (χ4n) is 3.06. The highest BCUT2D eigenvalue weighted by molar-refractivity contribution is 6.39. The number of carbonyl (C=O) groups is 2. The second-order valence-corrected chi connectivity index (χ2v) is 8.71. The van der Waals surface area contributed by atoms with Crippen molar-refractivity contribution in [2.75, 3.05) is 0 Å². The molecule has 0 spiro atoms. The van der Waals surface area contributed by atoms with Crippen LogP contribution in [-0.4, -0.2) is 16.7 Å². The number of rotatable bonds is 5. The summed E-state index contributed by atoms with van der Waals surface area (Å²) in [7, 11) is 0. The Morgan fingerprint density at radius 3 is 1.73 bits per heavy atom. The van der Waals surface area contributed by atoms with Gasteiger partial charge in [0.05, 0.1) is 38.4 Å². The van der Waals surface area contributed by atoms with Crippen LogP contribution in [0.5, 0.6) is 0 Å². The van der Waals surface area contributed by atoms with Crippen LogP contribution >= 0.6 is 34.8 Å². The molecule has 0 atom stereocenters. The topological polar surface area (TPSA) is 59.1 Å². The van der Waals surface area contributed by atoms with Gasteiger partial charge in [0.2, 0.25) is 0 Å². The largest absolute Gasteiger partial charge is 0.417 e. The van der Waals surface area contributed by atoms with Crippen LogP contribution in [0.25, 0.3) is 0 Å². The van der Waals surface area contributed by atoms with Crippen LogP contribution in [0.3, 0.4) is 0 Å². The quantitative estimate of drug-likeness (QED) is 0.250. The molecule has 0 saturated carbocycles. The van der Waals surface area contributed by atoms with Crippen molar-refractivity contribution in [2.45, 2.75) is 12.7 Å². The number of nitrogens with one attached hydrogen (secondary N) is 1. The van der Waals surface area contributed by atoms with Crippen LogP contribution < -0.4 is 5.32 Å². The highest BCUT2D eigenvalue weighted by Gasteiger charge is 2.31. The van der Waals surface area contributed by atoms with E-state index in [2.05, 4.69) is 10.3 Å². The van der Waals surface area contributed by atoms with Crippen LogP contribution in [0, 0.1) is 0 Å². The number of halogens is 6. The van der Waals surface area contributed by atoms with E-state index in [0.29, 0.717) is 6.20 Å². The molecule has 4 rings (SSSR count). The third-order valence-corrected chi connectivity index (χ3v) is 5.88. The number of benzene rings is 3. The molecule has 0 aliphatic rings. The summed E-state index contributed by atoms with van der Waals surface area (Å²) >= 11 is 17.6. The smallest absolute Gasteiger partial charge is 0.346 e. The van der Waals surface area contributed by atoms with Gasteiger partial charge in [-0.05, 0) is 18.2 Å². The minimum Gasteiger partial charge on any atom is -0.346 e. The van der Waals surface area contributed by atoms with E-state index in [1.165, 1.54) is 12.1 Å². The summed E-state index contributed by atoms with van der Waals surface area (Å²) in [6.45, 7) is -0.169. The van der Waals surface area contributed by atoms with Crippen molar-refractivity contribution in [1.82, 2.24) is 10.3 Å². The van der Waals surface area contributed by atoms with Gasteiger partial charge >= 0.3 is 6.18 Å². The van der Waals surface area contributed by atoms with Crippen molar-refractivity contribution in [2.24, 2.45) is 0 Å². The van der Waals surface area contributed by atoms with Gasteiger partial charge in [0.15, 0.2) is 5.78 Å². The van der Waals surface area contributed by atoms with E-state index in [1.54, 1.807) is 6.07 Å². The molecule has 37 heavy (non-hydrogen) atoms. The third-order valence-electron chi connectivity index (χ3n) is 4.92. The average Bonchev–Trinajstić information content (AvgIpc) is 2.88. The lowest BCUT2D eigenvalue weighted by Gasteiger charge is -2.11. The predicted octanol–water partition coefficient (Wildman–Crippen LogP) is 7.91. The van der Waals surface area contributed by atoms with Crippen LogP contribution in [-0.2, 0) is 12.7 Å². The number of hydrogen-bond donors (Lipinski definition) is 1. The number of ketones is 1. The van der Waals surface area contributed by atoms with Gasteiger partial charge in [0.25, 0.3) is 5.91 Å². The number of amides is 1.